The van der Waals surface area contributed by atoms with E-state index in [1.807, 2.05) is 6.20 Å². The van der Waals surface area contributed by atoms with Gasteiger partial charge in [-0.3, -0.25) is 4.98 Å². The highest BCUT2D eigenvalue weighted by atomic mass is 14.9. The minimum absolute atomic E-state index is 1.06. The van der Waals surface area contributed by atoms with Crippen LogP contribution >= 0.6 is 0 Å². The molecule has 2 nitrogen and oxygen atoms in total. The van der Waals surface area contributed by atoms with E-state index in [0.29, 0.717) is 0 Å². The number of fused-ring (bicyclic) bond motifs is 3. The SMILES string of the molecule is Cc1cc[n+](C)c(-c2cc3c(cc2C)ncc2ccccc23)c1. The number of rotatable bonds is 1. The summed E-state index contributed by atoms with van der Waals surface area (Å²) in [6, 6.07) is 17.3. The van der Waals surface area contributed by atoms with E-state index in [4.69, 9.17) is 0 Å². The number of benzene rings is 2. The Labute approximate surface area is 136 Å². The van der Waals surface area contributed by atoms with Crippen molar-refractivity contribution in [3.63, 3.8) is 0 Å². The monoisotopic (exact) mass is 299 g/mol. The third kappa shape index (κ3) is 2.27. The molecule has 0 aliphatic rings. The Hall–Kier alpha value is -2.74. The quantitative estimate of drug-likeness (QED) is 0.373. The average molecular weight is 299 g/mol. The van der Waals surface area contributed by atoms with E-state index in [0.717, 1.165) is 5.52 Å². The highest BCUT2D eigenvalue weighted by Gasteiger charge is 2.14. The second kappa shape index (κ2) is 5.17. The molecule has 2 aromatic heterocycles. The zero-order valence-electron chi connectivity index (χ0n) is 13.7. The molecule has 0 fully saturated rings. The van der Waals surface area contributed by atoms with Gasteiger partial charge in [0.1, 0.15) is 7.05 Å². The molecular weight excluding hydrogens is 280 g/mol. The molecule has 0 aliphatic heterocycles. The topological polar surface area (TPSA) is 16.8 Å². The van der Waals surface area contributed by atoms with Crippen molar-refractivity contribution in [1.82, 2.24) is 4.98 Å². The lowest BCUT2D eigenvalue weighted by atomic mass is 9.98. The largest absolute Gasteiger partial charge is 0.256 e. The van der Waals surface area contributed by atoms with Gasteiger partial charge in [-0.15, -0.1) is 0 Å². The molecule has 0 spiro atoms. The minimum atomic E-state index is 1.06. The van der Waals surface area contributed by atoms with Crippen LogP contribution < -0.4 is 4.57 Å². The summed E-state index contributed by atoms with van der Waals surface area (Å²) < 4.78 is 2.18. The van der Waals surface area contributed by atoms with Crippen molar-refractivity contribution < 1.29 is 4.57 Å². The number of nitrogens with zero attached hydrogens (tertiary/aromatic N) is 2. The van der Waals surface area contributed by atoms with E-state index in [9.17, 15) is 0 Å². The van der Waals surface area contributed by atoms with Gasteiger partial charge in [0, 0.05) is 34.7 Å². The Bertz CT molecular complexity index is 1050. The van der Waals surface area contributed by atoms with E-state index in [-0.39, 0.29) is 0 Å². The van der Waals surface area contributed by atoms with Crippen LogP contribution in [0.1, 0.15) is 11.1 Å². The zero-order valence-corrected chi connectivity index (χ0v) is 13.7. The van der Waals surface area contributed by atoms with Crippen LogP contribution in [0.25, 0.3) is 32.9 Å². The predicted octanol–water partition coefficient (Wildman–Crippen LogP) is 4.50. The van der Waals surface area contributed by atoms with Crippen LogP contribution in [0.2, 0.25) is 0 Å². The summed E-state index contributed by atoms with van der Waals surface area (Å²) in [5.74, 6) is 0. The average Bonchev–Trinajstić information content (AvgIpc) is 2.56. The van der Waals surface area contributed by atoms with E-state index < -0.39 is 0 Å². The van der Waals surface area contributed by atoms with Gasteiger partial charge in [0.15, 0.2) is 6.20 Å². The molecule has 0 aliphatic carbocycles. The first-order chi connectivity index (χ1) is 11.1. The smallest absolute Gasteiger partial charge is 0.212 e. The predicted molar refractivity (Wildman–Crippen MR) is 95.3 cm³/mol. The first-order valence-electron chi connectivity index (χ1n) is 7.88. The van der Waals surface area contributed by atoms with Crippen molar-refractivity contribution in [2.75, 3.05) is 0 Å². The molecule has 0 bridgehead atoms. The number of hydrogen-bond donors (Lipinski definition) is 0. The summed E-state index contributed by atoms with van der Waals surface area (Å²) in [5.41, 5.74) is 6.08. The van der Waals surface area contributed by atoms with Gasteiger partial charge in [-0.05, 0) is 42.5 Å². The molecule has 0 N–H and O–H groups in total. The summed E-state index contributed by atoms with van der Waals surface area (Å²) in [6.07, 6.45) is 4.08. The highest BCUT2D eigenvalue weighted by molar-refractivity contribution is 6.06. The van der Waals surface area contributed by atoms with E-state index in [1.54, 1.807) is 0 Å². The normalized spacial score (nSPS) is 11.3. The van der Waals surface area contributed by atoms with E-state index in [1.165, 1.54) is 38.5 Å². The third-order valence-corrected chi connectivity index (χ3v) is 4.52. The highest BCUT2D eigenvalue weighted by Crippen LogP contribution is 2.30. The number of hydrogen-bond acceptors (Lipinski definition) is 1. The molecule has 2 heteroatoms. The zero-order chi connectivity index (χ0) is 16.0. The van der Waals surface area contributed by atoms with Crippen LogP contribution in [0.5, 0.6) is 0 Å². The Kier molecular flexibility index (Phi) is 3.12. The Morgan fingerprint density at radius 2 is 1.74 bits per heavy atom. The first kappa shape index (κ1) is 13.9. The van der Waals surface area contributed by atoms with Crippen molar-refractivity contribution in [3.05, 3.63) is 72.1 Å². The van der Waals surface area contributed by atoms with Gasteiger partial charge in [-0.2, -0.15) is 0 Å². The molecule has 0 saturated heterocycles. The van der Waals surface area contributed by atoms with Crippen LogP contribution in [0.3, 0.4) is 0 Å². The molecule has 23 heavy (non-hydrogen) atoms. The molecule has 2 heterocycles. The van der Waals surface area contributed by atoms with Crippen LogP contribution in [-0.4, -0.2) is 4.98 Å². The Morgan fingerprint density at radius 3 is 2.61 bits per heavy atom. The van der Waals surface area contributed by atoms with Crippen molar-refractivity contribution in [2.45, 2.75) is 13.8 Å². The fraction of sp³-hybridized carbons (Fsp3) is 0.143. The van der Waals surface area contributed by atoms with Crippen LogP contribution in [0.15, 0.2) is 60.9 Å². The molecular formula is C21H19N2+. The van der Waals surface area contributed by atoms with Crippen molar-refractivity contribution in [3.8, 4) is 11.3 Å². The van der Waals surface area contributed by atoms with E-state index >= 15 is 0 Å². The first-order valence-corrected chi connectivity index (χ1v) is 7.88. The maximum absolute atomic E-state index is 4.64. The second-order valence-electron chi connectivity index (χ2n) is 6.23. The molecule has 2 aromatic carbocycles. The molecule has 0 saturated carbocycles. The summed E-state index contributed by atoms with van der Waals surface area (Å²) in [7, 11) is 2.10. The maximum atomic E-state index is 4.64. The molecule has 4 aromatic rings. The summed E-state index contributed by atoms with van der Waals surface area (Å²) in [4.78, 5) is 4.64. The summed E-state index contributed by atoms with van der Waals surface area (Å²) in [5, 5.41) is 3.66. The third-order valence-electron chi connectivity index (χ3n) is 4.52. The van der Waals surface area contributed by atoms with E-state index in [2.05, 4.69) is 85.2 Å². The van der Waals surface area contributed by atoms with Gasteiger partial charge in [-0.25, -0.2) is 4.57 Å². The number of aromatic nitrogens is 2. The lowest BCUT2D eigenvalue weighted by Crippen LogP contribution is -2.30. The number of pyridine rings is 2. The molecule has 0 unspecified atom stereocenters. The molecule has 0 amide bonds. The molecule has 112 valence electrons. The lowest BCUT2D eigenvalue weighted by molar-refractivity contribution is -0.660. The number of aryl methyl sites for hydroxylation is 3. The minimum Gasteiger partial charge on any atom is -0.256 e. The lowest BCUT2D eigenvalue weighted by Gasteiger charge is -2.09. The van der Waals surface area contributed by atoms with Crippen LogP contribution in [0, 0.1) is 13.8 Å². The van der Waals surface area contributed by atoms with Gasteiger partial charge in [0.05, 0.1) is 5.52 Å². The maximum Gasteiger partial charge on any atom is 0.212 e. The summed E-state index contributed by atoms with van der Waals surface area (Å²) in [6.45, 7) is 4.30. The molecule has 0 atom stereocenters. The van der Waals surface area contributed by atoms with Gasteiger partial charge >= 0.3 is 0 Å². The summed E-state index contributed by atoms with van der Waals surface area (Å²) >= 11 is 0. The van der Waals surface area contributed by atoms with Gasteiger partial charge in [-0.1, -0.05) is 24.3 Å². The van der Waals surface area contributed by atoms with Gasteiger partial charge in [0.25, 0.3) is 0 Å². The second-order valence-corrected chi connectivity index (χ2v) is 6.23. The van der Waals surface area contributed by atoms with Crippen molar-refractivity contribution in [1.29, 1.82) is 0 Å². The Balaban J connectivity index is 2.09. The standard InChI is InChI=1S/C21H19N2/c1-14-8-9-23(3)21(10-14)18-12-19-17-7-5-4-6-16(17)13-22-20(19)11-15(18)2/h4-13H,1-3H3/q+1. The fourth-order valence-electron chi connectivity index (χ4n) is 3.23. The van der Waals surface area contributed by atoms with Crippen molar-refractivity contribution in [2.24, 2.45) is 7.05 Å². The van der Waals surface area contributed by atoms with Crippen molar-refractivity contribution >= 4 is 21.7 Å². The van der Waals surface area contributed by atoms with Gasteiger partial charge in [0.2, 0.25) is 5.69 Å². The molecule has 4 rings (SSSR count). The van der Waals surface area contributed by atoms with Gasteiger partial charge < -0.3 is 0 Å². The van der Waals surface area contributed by atoms with Crippen LogP contribution in [-0.2, 0) is 7.05 Å². The fourth-order valence-corrected chi connectivity index (χ4v) is 3.23. The Morgan fingerprint density at radius 1 is 0.913 bits per heavy atom. The molecule has 0 radical (unpaired) electrons. The van der Waals surface area contributed by atoms with Crippen LogP contribution in [0.4, 0.5) is 0 Å².